The first kappa shape index (κ1) is 50.5. The van der Waals surface area contributed by atoms with E-state index in [0.29, 0.717) is 73.4 Å². The molecule has 0 radical (unpaired) electrons. The molecule has 0 fully saturated rings. The first-order valence-electron chi connectivity index (χ1n) is 65.7. The van der Waals surface area contributed by atoms with Gasteiger partial charge in [0, 0.05) is 81.9 Å². The lowest BCUT2D eigenvalue weighted by molar-refractivity contribution is 0.669. The van der Waals surface area contributed by atoms with E-state index in [1.54, 1.807) is 18.2 Å². The highest BCUT2D eigenvalue weighted by Gasteiger charge is 2.29. The van der Waals surface area contributed by atoms with Crippen LogP contribution in [-0.2, 0) is 0 Å². The van der Waals surface area contributed by atoms with Gasteiger partial charge >= 0.3 is 0 Å². The largest absolute Gasteiger partial charge is 0.455 e. The Balaban J connectivity index is 0.000000128. The average molecular weight is 1890 g/mol. The summed E-state index contributed by atoms with van der Waals surface area (Å²) in [5, 5.41) is 1.61. The SMILES string of the molecule is [2H]c1c([2H])c([2H])c(-c2nc(-c3c([2H])c([2H])c([2H])c([2H])c3[2H])nc(-c3c([2H])c([2H])c(-n4c5c([2H])c([2H])c([2H])c([2H])c5c5c([2H])c6c([2H])c([2H])c([2H])c([2H])c6c([2H])c54)c4c3oc3c([2H])c([2H])c([2H])c([2H])c34)n2)c([2H])c1[2H].[2H]c1c([2H])c([2H])c2c([2H])c3c(c([2H])c2c1[2H])c1c([2H])c([2H])c([2H])c([2H])c1n3-c1ccc(-c2nc(-c3ccccc3)nc(-c3ccccc3)n2)c2oc3ccccc3c12.[2H]c1c([2H])c([2H])c2c(oc3c(-c4nc(-c5ccccc5)nc(-c5ccccc5)n4)c([2H])c([2H])c(-n4c5ccccc5c5cc6ccccc6cc54)c32)c1[2H]. The monoisotopic (exact) mass is 1880 g/mol. The van der Waals surface area contributed by atoms with Crippen molar-refractivity contribution in [1.29, 1.82) is 0 Å². The molecule has 0 N–H and O–H groups in total. The van der Waals surface area contributed by atoms with E-state index in [4.69, 9.17) is 85.6 Å². The number of furan rings is 3. The molecular formula is C129H78N12O3. The second-order valence-electron chi connectivity index (χ2n) is 32.9. The molecule has 9 aromatic heterocycles. The molecule has 0 amide bonds. The van der Waals surface area contributed by atoms with Crippen molar-refractivity contribution in [2.24, 2.45) is 0 Å². The number of para-hydroxylation sites is 6. The third-order valence-electron chi connectivity index (χ3n) is 24.7. The molecule has 9 heterocycles. The van der Waals surface area contributed by atoms with Gasteiger partial charge < -0.3 is 27.0 Å². The normalized spacial score (nSPS) is 15.8. The highest BCUT2D eigenvalue weighted by Crippen LogP contribution is 2.49. The summed E-state index contributed by atoms with van der Waals surface area (Å²) in [6.45, 7) is 0. The molecule has 0 aliphatic carbocycles. The zero-order valence-corrected chi connectivity index (χ0v) is 73.9. The number of fused-ring (bicyclic) bond motifs is 21. The Hall–Kier alpha value is -19.8. The van der Waals surface area contributed by atoms with Crippen molar-refractivity contribution in [2.75, 3.05) is 0 Å². The standard InChI is InChI=1S/3C43H26N4O/c3*1-3-13-27(14-4-1)41-44-42(28-15-5-2-6-16-28)46-43(45-41)33-23-24-36(39-32-20-10-12-22-38(32)48-40(33)39)47-35-21-11-9-19-31(35)34-25-29-17-7-8-18-30(29)26-37(34)47/h3*1-26H/i1D,2D,3D,4D,5D,6D,7D,8D,9D,10D,11D,12D,13D,14D,15D,16D,17D,18D,19D,20D,21D,22D,23D,24D,25D,26D;7D,8D,9D,11D,17D,18D,19D,21D,25D,26D;10D,12D,20D,22D,23D,24D. The molecule has 0 aliphatic heterocycles. The van der Waals surface area contributed by atoms with Crippen LogP contribution in [0.1, 0.15) is 57.6 Å². The Kier molecular flexibility index (Phi) is 12.0. The number of nitrogens with zero attached hydrogens (tertiary/aromatic N) is 12. The van der Waals surface area contributed by atoms with E-state index in [1.807, 2.05) is 193 Å². The summed E-state index contributed by atoms with van der Waals surface area (Å²) in [5.74, 6) is -0.556. The summed E-state index contributed by atoms with van der Waals surface area (Å²) in [6, 6.07) is 39.2. The predicted molar refractivity (Wildman–Crippen MR) is 586 cm³/mol. The van der Waals surface area contributed by atoms with Crippen LogP contribution in [0.3, 0.4) is 0 Å². The summed E-state index contributed by atoms with van der Waals surface area (Å²) in [6.07, 6.45) is 0. The maximum absolute atomic E-state index is 9.91. The molecule has 144 heavy (non-hydrogen) atoms. The zero-order valence-electron chi connectivity index (χ0n) is 116. The van der Waals surface area contributed by atoms with Gasteiger partial charge in [-0.2, -0.15) is 0 Å². The summed E-state index contributed by atoms with van der Waals surface area (Å²) < 4.78 is 397. The van der Waals surface area contributed by atoms with E-state index < -0.39 is 318 Å². The van der Waals surface area contributed by atoms with Gasteiger partial charge in [0.25, 0.3) is 0 Å². The molecule has 0 saturated heterocycles. The molecule has 21 aromatic carbocycles. The molecule has 0 spiro atoms. The molecule has 0 unspecified atom stereocenters. The third kappa shape index (κ3) is 14.0. The van der Waals surface area contributed by atoms with E-state index >= 15 is 0 Å². The van der Waals surface area contributed by atoms with Crippen LogP contribution in [0.4, 0.5) is 0 Å². The summed E-state index contributed by atoms with van der Waals surface area (Å²) in [4.78, 5) is 42.2. The lowest BCUT2D eigenvalue weighted by atomic mass is 10.0. The van der Waals surface area contributed by atoms with Gasteiger partial charge in [-0.15, -0.1) is 0 Å². The number of benzene rings is 21. The van der Waals surface area contributed by atoms with Crippen LogP contribution >= 0.6 is 0 Å². The van der Waals surface area contributed by atoms with Gasteiger partial charge in [0.15, 0.2) is 52.4 Å². The van der Waals surface area contributed by atoms with E-state index in [2.05, 4.69) is 27.1 Å². The van der Waals surface area contributed by atoms with E-state index in [1.165, 1.54) is 4.57 Å². The van der Waals surface area contributed by atoms with Gasteiger partial charge in [0.05, 0.1) is 141 Å². The van der Waals surface area contributed by atoms with E-state index in [9.17, 15) is 15.1 Å². The fraction of sp³-hybridized carbons (Fsp3) is 0. The number of hydrogen-bond acceptors (Lipinski definition) is 12. The van der Waals surface area contributed by atoms with Crippen LogP contribution in [-0.4, -0.2) is 58.6 Å². The summed E-state index contributed by atoms with van der Waals surface area (Å²) >= 11 is 0. The average Bonchev–Trinajstić information content (AvgIpc) is 1.50. The Morgan fingerprint density at radius 3 is 1.00 bits per heavy atom. The van der Waals surface area contributed by atoms with Crippen molar-refractivity contribution < 1.29 is 70.8 Å². The molecule has 30 rings (SSSR count). The minimum Gasteiger partial charge on any atom is -0.455 e. The van der Waals surface area contributed by atoms with Gasteiger partial charge in [-0.05, 0) is 141 Å². The number of aromatic nitrogens is 12. The summed E-state index contributed by atoms with van der Waals surface area (Å²) in [5.41, 5.74) is 0.934. The molecule has 672 valence electrons. The number of rotatable bonds is 12. The Bertz CT molecular complexity index is 12900. The topological polar surface area (TPSA) is 170 Å². The fourth-order valence-electron chi connectivity index (χ4n) is 18.4. The smallest absolute Gasteiger partial charge is 0.167 e. The molecule has 15 nitrogen and oxygen atoms in total. The maximum Gasteiger partial charge on any atom is 0.167 e. The first-order chi connectivity index (χ1) is 88.9. The minimum absolute atomic E-state index is 0.0262. The van der Waals surface area contributed by atoms with Crippen LogP contribution in [0.25, 0.3) is 283 Å². The first-order valence-corrected chi connectivity index (χ1v) is 44.7. The molecule has 0 aliphatic rings. The molecule has 15 heteroatoms. The molecule has 0 saturated carbocycles. The van der Waals surface area contributed by atoms with Gasteiger partial charge in [-0.3, -0.25) is 0 Å². The molecule has 0 atom stereocenters. The van der Waals surface area contributed by atoms with Crippen molar-refractivity contribution >= 4 is 164 Å². The van der Waals surface area contributed by atoms with E-state index in [-0.39, 0.29) is 102 Å². The van der Waals surface area contributed by atoms with Crippen molar-refractivity contribution in [2.45, 2.75) is 0 Å². The van der Waals surface area contributed by atoms with Crippen LogP contribution < -0.4 is 0 Å². The van der Waals surface area contributed by atoms with Crippen molar-refractivity contribution in [3.8, 4) is 120 Å². The molecule has 0 bridgehead atoms. The van der Waals surface area contributed by atoms with E-state index in [0.717, 1.165) is 48.3 Å². The second kappa shape index (κ2) is 34.1. The van der Waals surface area contributed by atoms with Crippen LogP contribution in [0, 0.1) is 0 Å². The highest BCUT2D eigenvalue weighted by atomic mass is 16.3. The third-order valence-corrected chi connectivity index (χ3v) is 24.7. The van der Waals surface area contributed by atoms with Crippen molar-refractivity contribution in [3.05, 3.63) is 472 Å². The number of hydrogen-bond donors (Lipinski definition) is 0. The van der Waals surface area contributed by atoms with Gasteiger partial charge in [0.2, 0.25) is 0 Å². The lowest BCUT2D eigenvalue weighted by Crippen LogP contribution is -2.01. The lowest BCUT2D eigenvalue weighted by Gasteiger charge is -2.13. The Morgan fingerprint density at radius 1 is 0.181 bits per heavy atom. The second-order valence-corrected chi connectivity index (χ2v) is 32.9. The fourth-order valence-corrected chi connectivity index (χ4v) is 18.4. The predicted octanol–water partition coefficient (Wildman–Crippen LogP) is 33.1. The minimum atomic E-state index is -1.02. The Labute approximate surface area is 881 Å². The van der Waals surface area contributed by atoms with Crippen molar-refractivity contribution in [3.63, 3.8) is 0 Å². The molecular weight excluding hydrogens is 1770 g/mol. The Morgan fingerprint density at radius 2 is 0.521 bits per heavy atom. The highest BCUT2D eigenvalue weighted by molar-refractivity contribution is 6.23. The van der Waals surface area contributed by atoms with Crippen LogP contribution in [0.5, 0.6) is 0 Å². The van der Waals surface area contributed by atoms with Crippen molar-refractivity contribution in [1.82, 2.24) is 58.6 Å². The van der Waals surface area contributed by atoms with Gasteiger partial charge in [-0.1, -0.05) is 363 Å². The van der Waals surface area contributed by atoms with Crippen LogP contribution in [0.2, 0.25) is 0 Å². The van der Waals surface area contributed by atoms with Gasteiger partial charge in [-0.25, -0.2) is 44.9 Å². The summed E-state index contributed by atoms with van der Waals surface area (Å²) in [7, 11) is 0. The maximum atomic E-state index is 9.91. The van der Waals surface area contributed by atoms with Gasteiger partial charge in [0.1, 0.15) is 33.5 Å². The molecule has 30 aromatic rings. The van der Waals surface area contributed by atoms with Crippen LogP contribution in [0.15, 0.2) is 485 Å². The zero-order chi connectivity index (χ0) is 131. The quantitative estimate of drug-likeness (QED) is 0.114.